The van der Waals surface area contributed by atoms with Gasteiger partial charge in [-0.15, -0.1) is 6.42 Å². The molecule has 0 aliphatic carbocycles. The average Bonchev–Trinajstić information content (AvgIpc) is 3.11. The van der Waals surface area contributed by atoms with Crippen molar-refractivity contribution in [3.8, 4) is 18.1 Å². The molecule has 1 unspecified atom stereocenters. The molecule has 13 nitrogen and oxygen atoms in total. The molecule has 1 saturated heterocycles. The van der Waals surface area contributed by atoms with Crippen molar-refractivity contribution in [2.75, 3.05) is 6.61 Å². The van der Waals surface area contributed by atoms with Crippen LogP contribution in [0.5, 0.6) is 5.75 Å². The van der Waals surface area contributed by atoms with Gasteiger partial charge in [-0.25, -0.2) is 9.36 Å². The maximum absolute atomic E-state index is 13.8. The van der Waals surface area contributed by atoms with Crippen molar-refractivity contribution in [3.63, 3.8) is 0 Å². The first-order chi connectivity index (χ1) is 18.2. The lowest BCUT2D eigenvalue weighted by molar-refractivity contribution is -0.139. The van der Waals surface area contributed by atoms with Crippen LogP contribution in [0.1, 0.15) is 39.8 Å². The fourth-order valence-corrected chi connectivity index (χ4v) is 5.39. The topological polar surface area (TPSA) is 189 Å². The number of H-pyrrole nitrogens is 1. The van der Waals surface area contributed by atoms with Crippen molar-refractivity contribution in [1.82, 2.24) is 14.6 Å². The van der Waals surface area contributed by atoms with Crippen LogP contribution in [0.25, 0.3) is 0 Å². The quantitative estimate of drug-likeness (QED) is 0.195. The first kappa shape index (κ1) is 30.3. The van der Waals surface area contributed by atoms with Gasteiger partial charge in [-0.3, -0.25) is 23.7 Å². The summed E-state index contributed by atoms with van der Waals surface area (Å²) in [5, 5.41) is 34.0. The molecule has 0 spiro atoms. The highest BCUT2D eigenvalue weighted by Gasteiger charge is 2.56. The lowest BCUT2D eigenvalue weighted by Crippen LogP contribution is -2.48. The number of aliphatic hydroxyl groups excluding tert-OH is 1. The Balaban J connectivity index is 1.86. The third-order valence-corrected chi connectivity index (χ3v) is 7.56. The second kappa shape index (κ2) is 11.9. The summed E-state index contributed by atoms with van der Waals surface area (Å²) in [6, 6.07) is 7.56. The van der Waals surface area contributed by atoms with Gasteiger partial charge in [-0.05, 0) is 30.4 Å². The Bertz CT molecular complexity index is 1360. The summed E-state index contributed by atoms with van der Waals surface area (Å²) >= 11 is 0. The number of terminal acetylenes is 1. The van der Waals surface area contributed by atoms with Gasteiger partial charge in [0.25, 0.3) is 5.56 Å². The normalized spacial score (nSPS) is 25.4. The smallest absolute Gasteiger partial charge is 0.459 e. The van der Waals surface area contributed by atoms with Gasteiger partial charge in [0, 0.05) is 12.3 Å². The van der Waals surface area contributed by atoms with Crippen LogP contribution in [-0.2, 0) is 18.6 Å². The summed E-state index contributed by atoms with van der Waals surface area (Å²) in [5.74, 6) is 0.834. The highest BCUT2D eigenvalue weighted by Crippen LogP contribution is 2.47. The number of ether oxygens (including phenoxy) is 1. The minimum atomic E-state index is -4.44. The van der Waals surface area contributed by atoms with Crippen molar-refractivity contribution < 1.29 is 38.5 Å². The molecule has 1 aliphatic rings. The SMILES string of the molecule is C#C[C@@]1(O)[C@H](O)[C@@H](COP(=O)(N[C@@H](CCC(C)(C)C)C(=O)O)Oc2ccccc2)O[C@H]1n1ccc(=O)[nH]c1=O. The molecule has 39 heavy (non-hydrogen) atoms. The summed E-state index contributed by atoms with van der Waals surface area (Å²) in [6.45, 7) is 5.09. The van der Waals surface area contributed by atoms with Gasteiger partial charge < -0.3 is 24.6 Å². The van der Waals surface area contributed by atoms with Crippen molar-refractivity contribution in [2.45, 2.75) is 63.7 Å². The van der Waals surface area contributed by atoms with Crippen LogP contribution in [0.3, 0.4) is 0 Å². The molecular formula is C25H32N3O10P. The number of carbonyl (C=O) groups is 1. The van der Waals surface area contributed by atoms with E-state index in [1.165, 1.54) is 12.1 Å². The zero-order chi connectivity index (χ0) is 29.0. The second-order valence-corrected chi connectivity index (χ2v) is 12.0. The Morgan fingerprint density at radius 2 is 1.97 bits per heavy atom. The van der Waals surface area contributed by atoms with E-state index < -0.39 is 61.7 Å². The Morgan fingerprint density at radius 3 is 2.54 bits per heavy atom. The fourth-order valence-electron chi connectivity index (χ4n) is 3.84. The number of aromatic amines is 1. The molecule has 2 aromatic rings. The minimum absolute atomic E-state index is 0.0981. The summed E-state index contributed by atoms with van der Waals surface area (Å²) in [6.07, 6.45) is 2.13. The molecule has 1 aliphatic heterocycles. The van der Waals surface area contributed by atoms with Gasteiger partial charge in [0.05, 0.1) is 6.61 Å². The zero-order valence-corrected chi connectivity index (χ0v) is 22.5. The zero-order valence-electron chi connectivity index (χ0n) is 21.6. The van der Waals surface area contributed by atoms with Gasteiger partial charge >= 0.3 is 19.4 Å². The van der Waals surface area contributed by atoms with Crippen molar-refractivity contribution >= 4 is 13.7 Å². The number of benzene rings is 1. The molecule has 2 heterocycles. The number of aliphatic hydroxyl groups is 2. The number of carboxylic acid groups (broad SMARTS) is 1. The molecule has 6 atom stereocenters. The molecule has 1 fully saturated rings. The first-order valence-corrected chi connectivity index (χ1v) is 13.6. The van der Waals surface area contributed by atoms with Gasteiger partial charge in [-0.1, -0.05) is 44.9 Å². The number of hydrogen-bond donors (Lipinski definition) is 5. The number of aliphatic carboxylic acids is 1. The molecule has 1 aromatic carbocycles. The minimum Gasteiger partial charge on any atom is -0.480 e. The van der Waals surface area contributed by atoms with Crippen LogP contribution in [0.15, 0.2) is 52.2 Å². The summed E-state index contributed by atoms with van der Waals surface area (Å²) in [4.78, 5) is 37.7. The molecule has 212 valence electrons. The average molecular weight is 566 g/mol. The molecule has 1 aromatic heterocycles. The molecule has 0 radical (unpaired) electrons. The highest BCUT2D eigenvalue weighted by atomic mass is 31.2. The van der Waals surface area contributed by atoms with E-state index in [1.54, 1.807) is 18.2 Å². The predicted octanol–water partition coefficient (Wildman–Crippen LogP) is 1.23. The van der Waals surface area contributed by atoms with Gasteiger partial charge in [-0.2, -0.15) is 5.09 Å². The molecule has 0 saturated carbocycles. The predicted molar refractivity (Wildman–Crippen MR) is 139 cm³/mol. The molecule has 0 bridgehead atoms. The van der Waals surface area contributed by atoms with Gasteiger partial charge in [0.1, 0.15) is 24.0 Å². The van der Waals surface area contributed by atoms with Crippen molar-refractivity contribution in [1.29, 1.82) is 0 Å². The number of carboxylic acids is 1. The van der Waals surface area contributed by atoms with E-state index in [2.05, 4.69) is 5.09 Å². The maximum Gasteiger partial charge on any atom is 0.459 e. The maximum atomic E-state index is 13.8. The lowest BCUT2D eigenvalue weighted by atomic mass is 9.89. The molecule has 0 amide bonds. The molecule has 5 N–H and O–H groups in total. The monoisotopic (exact) mass is 565 g/mol. The Hall–Kier alpha value is -3.24. The third-order valence-electron chi connectivity index (χ3n) is 5.99. The number of nitrogens with zero attached hydrogens (tertiary/aromatic N) is 1. The Labute approximate surface area is 224 Å². The van der Waals surface area contributed by atoms with E-state index >= 15 is 0 Å². The van der Waals surface area contributed by atoms with E-state index in [-0.39, 0.29) is 17.6 Å². The van der Waals surface area contributed by atoms with Crippen LogP contribution < -0.4 is 20.9 Å². The highest BCUT2D eigenvalue weighted by molar-refractivity contribution is 7.52. The van der Waals surface area contributed by atoms with Crippen LogP contribution in [0, 0.1) is 17.8 Å². The van der Waals surface area contributed by atoms with Gasteiger partial charge in [0.2, 0.25) is 0 Å². The number of aromatic nitrogens is 2. The largest absolute Gasteiger partial charge is 0.480 e. The van der Waals surface area contributed by atoms with Crippen molar-refractivity contribution in [3.05, 3.63) is 63.4 Å². The van der Waals surface area contributed by atoms with Crippen LogP contribution in [0.4, 0.5) is 0 Å². The summed E-state index contributed by atoms with van der Waals surface area (Å²) in [5.41, 5.74) is -4.32. The van der Waals surface area contributed by atoms with E-state index in [0.29, 0.717) is 6.42 Å². The fraction of sp³-hybridized carbons (Fsp3) is 0.480. The van der Waals surface area contributed by atoms with E-state index in [4.69, 9.17) is 20.2 Å². The van der Waals surface area contributed by atoms with Crippen LogP contribution >= 0.6 is 7.75 Å². The molecule has 3 rings (SSSR count). The lowest BCUT2D eigenvalue weighted by Gasteiger charge is -2.27. The van der Waals surface area contributed by atoms with Crippen LogP contribution in [0.2, 0.25) is 0 Å². The Kier molecular flexibility index (Phi) is 9.23. The van der Waals surface area contributed by atoms with Gasteiger partial charge in [0.15, 0.2) is 11.8 Å². The third kappa shape index (κ3) is 7.45. The molecule has 14 heteroatoms. The number of para-hydroxylation sites is 1. The van der Waals surface area contributed by atoms with E-state index in [9.17, 15) is 34.3 Å². The summed E-state index contributed by atoms with van der Waals surface area (Å²) < 4.78 is 31.3. The number of nitrogens with one attached hydrogen (secondary N) is 2. The first-order valence-electron chi connectivity index (χ1n) is 12.0. The Morgan fingerprint density at radius 1 is 1.31 bits per heavy atom. The van der Waals surface area contributed by atoms with Crippen LogP contribution in [-0.4, -0.2) is 61.3 Å². The number of hydrogen-bond acceptors (Lipinski definition) is 9. The van der Waals surface area contributed by atoms with E-state index in [0.717, 1.165) is 16.8 Å². The van der Waals surface area contributed by atoms with E-state index in [1.807, 2.05) is 31.7 Å². The standard InChI is InChI=1S/C25H32N3O10P/c1-5-25(34)20(30)18(37-22(25)28-14-12-19(29)26-23(28)33)15-36-39(35,38-16-9-7-6-8-10-16)27-17(21(31)32)11-13-24(2,3)4/h1,6-10,12,14,17-18,20,22,30,34H,11,13,15H2,2-4H3,(H,27,35)(H,31,32)(H,26,29,33)/t17-,18+,20+,22+,25+,39?/m0/s1. The van der Waals surface area contributed by atoms with Crippen molar-refractivity contribution in [2.24, 2.45) is 5.41 Å². The molecular weight excluding hydrogens is 533 g/mol. The summed E-state index contributed by atoms with van der Waals surface area (Å²) in [7, 11) is -4.44. The second-order valence-electron chi connectivity index (χ2n) is 10.3. The number of rotatable bonds is 11.